The predicted octanol–water partition coefficient (Wildman–Crippen LogP) is 6.24. The first-order valence-corrected chi connectivity index (χ1v) is 10.1. The first-order chi connectivity index (χ1) is 21.2. The van der Waals surface area contributed by atoms with E-state index in [0.29, 0.717) is 0 Å². The molecule has 6 rings (SSSR count). The first kappa shape index (κ1) is 9.82. The normalized spacial score (nSPS) is 23.7. The number of para-hydroxylation sites is 1. The van der Waals surface area contributed by atoms with Crippen molar-refractivity contribution < 1.29 is 28.5 Å². The van der Waals surface area contributed by atoms with Crippen LogP contribution in [-0.2, 0) is 9.31 Å². The second kappa shape index (κ2) is 6.71. The molecule has 4 aromatic carbocycles. The number of hydrogen-bond acceptors (Lipinski definition) is 2. The van der Waals surface area contributed by atoms with Crippen molar-refractivity contribution in [3.05, 3.63) is 84.6 Å². The minimum atomic E-state index is -1.28. The highest BCUT2D eigenvalue weighted by molar-refractivity contribution is 6.62. The van der Waals surface area contributed by atoms with Crippen LogP contribution < -0.4 is 5.46 Å². The quantitative estimate of drug-likeness (QED) is 0.308. The van der Waals surface area contributed by atoms with Gasteiger partial charge in [-0.15, -0.1) is 0 Å². The van der Waals surface area contributed by atoms with Crippen LogP contribution in [0.3, 0.4) is 0 Å². The fraction of sp³-hybridized carbons (Fsp3) is 0.214. The van der Waals surface area contributed by atoms with Gasteiger partial charge < -0.3 is 13.9 Å². The van der Waals surface area contributed by atoms with Gasteiger partial charge in [-0.1, -0.05) is 54.4 Å². The van der Waals surface area contributed by atoms with Crippen molar-refractivity contribution in [2.45, 2.75) is 38.9 Å². The second-order valence-electron chi connectivity index (χ2n) is 8.63. The van der Waals surface area contributed by atoms with E-state index in [1.165, 1.54) is 0 Å². The van der Waals surface area contributed by atoms with Crippen molar-refractivity contribution in [1.82, 2.24) is 4.57 Å². The minimum absolute atomic E-state index is 0.202. The van der Waals surface area contributed by atoms with Gasteiger partial charge >= 0.3 is 7.12 Å². The lowest BCUT2D eigenvalue weighted by molar-refractivity contribution is 0.00578. The van der Waals surface area contributed by atoms with Crippen molar-refractivity contribution in [1.29, 1.82) is 0 Å². The largest absolute Gasteiger partial charge is 0.494 e. The summed E-state index contributed by atoms with van der Waals surface area (Å²) >= 11 is 0. The lowest BCUT2D eigenvalue weighted by Crippen LogP contribution is -2.41. The Hall–Kier alpha value is -3.08. The van der Waals surface area contributed by atoms with Gasteiger partial charge in [0.15, 0.2) is 0 Å². The lowest BCUT2D eigenvalue weighted by Gasteiger charge is -2.32. The summed E-state index contributed by atoms with van der Waals surface area (Å²) in [4.78, 5) is 0. The smallest absolute Gasteiger partial charge is 0.399 e. The zero-order valence-electron chi connectivity index (χ0n) is 31.8. The molecule has 0 amide bonds. The molecule has 0 radical (unpaired) electrons. The molecule has 3 nitrogen and oxygen atoms in total. The van der Waals surface area contributed by atoms with Crippen LogP contribution in [0.2, 0.25) is 0 Å². The molecule has 1 aliphatic heterocycles. The molecule has 2 heterocycles. The molecular weight excluding hydrogens is 393 g/mol. The molecule has 0 aliphatic carbocycles. The predicted molar refractivity (Wildman–Crippen MR) is 134 cm³/mol. The van der Waals surface area contributed by atoms with Crippen LogP contribution in [-0.4, -0.2) is 22.9 Å². The van der Waals surface area contributed by atoms with Crippen LogP contribution in [0.4, 0.5) is 0 Å². The van der Waals surface area contributed by atoms with Gasteiger partial charge in [0.1, 0.15) is 0 Å². The zero-order valence-corrected chi connectivity index (χ0v) is 17.8. The lowest BCUT2D eigenvalue weighted by atomic mass is 9.79. The van der Waals surface area contributed by atoms with E-state index in [1.54, 1.807) is 27.7 Å². The minimum Gasteiger partial charge on any atom is -0.399 e. The fourth-order valence-corrected chi connectivity index (χ4v) is 3.71. The standard InChI is InChI=1S/C28H26BNO2/c1-27(2)28(3,4)32-29(31-27)21-13-15-22(16-14-21)30-25-12-8-7-11-23(25)24-17-19-9-5-6-10-20(19)18-26(24)30/h5-18H,1-4H3/i5D,6D,7D,8D,9D,10D,11D,12D,13D,14D,15D,16D,17D,18D. The summed E-state index contributed by atoms with van der Waals surface area (Å²) in [6, 6.07) is -8.80. The van der Waals surface area contributed by atoms with Crippen molar-refractivity contribution in [2.24, 2.45) is 0 Å². The monoisotopic (exact) mass is 433 g/mol. The highest BCUT2D eigenvalue weighted by atomic mass is 16.7. The van der Waals surface area contributed by atoms with Crippen molar-refractivity contribution >= 4 is 45.2 Å². The van der Waals surface area contributed by atoms with E-state index in [2.05, 4.69) is 0 Å². The second-order valence-corrected chi connectivity index (χ2v) is 8.63. The van der Waals surface area contributed by atoms with Gasteiger partial charge in [0.25, 0.3) is 0 Å². The molecule has 0 spiro atoms. The van der Waals surface area contributed by atoms with Crippen molar-refractivity contribution in [2.75, 3.05) is 0 Å². The van der Waals surface area contributed by atoms with Crippen LogP contribution in [0.5, 0.6) is 0 Å². The zero-order chi connectivity index (χ0) is 34.3. The third kappa shape index (κ3) is 2.83. The first-order valence-electron chi connectivity index (χ1n) is 17.1. The molecule has 0 bridgehead atoms. The Bertz CT molecular complexity index is 2180. The maximum atomic E-state index is 9.19. The number of rotatable bonds is 2. The van der Waals surface area contributed by atoms with Gasteiger partial charge in [0, 0.05) is 16.5 Å². The van der Waals surface area contributed by atoms with E-state index in [4.69, 9.17) is 27.1 Å². The molecule has 1 aromatic heterocycles. The summed E-state index contributed by atoms with van der Waals surface area (Å²) in [5, 5.41) is -1.25. The molecule has 0 unspecified atom stereocenters. The maximum Gasteiger partial charge on any atom is 0.494 e. The van der Waals surface area contributed by atoms with Gasteiger partial charge in [-0.05, 0) is 74.1 Å². The van der Waals surface area contributed by atoms with Gasteiger partial charge in [0.2, 0.25) is 0 Å². The molecule has 1 saturated heterocycles. The van der Waals surface area contributed by atoms with E-state index >= 15 is 0 Å². The van der Waals surface area contributed by atoms with E-state index in [9.17, 15) is 1.37 Å². The summed E-state index contributed by atoms with van der Waals surface area (Å²) in [6.07, 6.45) is 0. The average molecular weight is 433 g/mol. The fourth-order valence-electron chi connectivity index (χ4n) is 3.71. The van der Waals surface area contributed by atoms with E-state index < -0.39 is 109 Å². The van der Waals surface area contributed by atoms with Gasteiger partial charge in [-0.3, -0.25) is 0 Å². The third-order valence-corrected chi connectivity index (χ3v) is 6.13. The molecule has 0 atom stereocenters. The van der Waals surface area contributed by atoms with Gasteiger partial charge in [-0.2, -0.15) is 0 Å². The number of nitrogens with zero attached hydrogens (tertiary/aromatic N) is 1. The number of benzene rings is 4. The third-order valence-electron chi connectivity index (χ3n) is 6.13. The Morgan fingerprint density at radius 3 is 1.97 bits per heavy atom. The van der Waals surface area contributed by atoms with E-state index in [1.807, 2.05) is 0 Å². The highest BCUT2D eigenvalue weighted by Gasteiger charge is 2.51. The molecule has 0 N–H and O–H groups in total. The molecule has 32 heavy (non-hydrogen) atoms. The van der Waals surface area contributed by atoms with Crippen LogP contribution in [0.25, 0.3) is 38.3 Å². The van der Waals surface area contributed by atoms with Crippen LogP contribution in [0.1, 0.15) is 46.9 Å². The molecular formula is C28H26BNO2. The summed E-state index contributed by atoms with van der Waals surface area (Å²) in [5.74, 6) is 0. The Morgan fingerprint density at radius 1 is 0.688 bits per heavy atom. The van der Waals surface area contributed by atoms with E-state index in [-0.39, 0.29) is 38.0 Å². The molecule has 1 fully saturated rings. The maximum absolute atomic E-state index is 9.19. The Kier molecular flexibility index (Phi) is 2.06. The number of hydrogen-bond donors (Lipinski definition) is 0. The topological polar surface area (TPSA) is 23.4 Å². The molecule has 5 aromatic rings. The Morgan fingerprint density at radius 2 is 1.28 bits per heavy atom. The Balaban J connectivity index is 1.87. The summed E-state index contributed by atoms with van der Waals surface area (Å²) in [7, 11) is -1.28. The molecule has 4 heteroatoms. The number of fused-ring (bicyclic) bond motifs is 4. The summed E-state index contributed by atoms with van der Waals surface area (Å²) in [6.45, 7) is 7.04. The van der Waals surface area contributed by atoms with Crippen molar-refractivity contribution in [3.63, 3.8) is 0 Å². The summed E-state index contributed by atoms with van der Waals surface area (Å²) in [5.41, 5.74) is -3.13. The Labute approximate surface area is 208 Å². The summed E-state index contributed by atoms with van der Waals surface area (Å²) < 4.78 is 135. The highest BCUT2D eigenvalue weighted by Crippen LogP contribution is 2.37. The molecule has 158 valence electrons. The number of aromatic nitrogens is 1. The SMILES string of the molecule is [2H]c1c([2H])c(-n2c3c([2H])c([2H])c([2H])c([2H])c3c3c([2H])c4c([2H])c([2H])c([2H])c([2H])c4c([2H])c32)c([2H])c([2H])c1B1OC(C)(C)C(C)(C)O1. The van der Waals surface area contributed by atoms with Crippen molar-refractivity contribution in [3.8, 4) is 5.69 Å². The average Bonchev–Trinajstić information content (AvgIpc) is 3.44. The van der Waals surface area contributed by atoms with Gasteiger partial charge in [-0.25, -0.2) is 0 Å². The van der Waals surface area contributed by atoms with Crippen LogP contribution in [0, 0.1) is 0 Å². The molecule has 1 aliphatic rings. The van der Waals surface area contributed by atoms with Crippen LogP contribution in [0.15, 0.2) is 84.6 Å². The van der Waals surface area contributed by atoms with Crippen LogP contribution >= 0.6 is 0 Å². The van der Waals surface area contributed by atoms with Gasteiger partial charge in [0.05, 0.1) is 41.4 Å². The molecule has 0 saturated carbocycles. The van der Waals surface area contributed by atoms with E-state index in [0.717, 1.165) is 4.57 Å².